The molecule has 0 aromatic carbocycles. The van der Waals surface area contributed by atoms with E-state index in [-0.39, 0.29) is 6.04 Å². The molecule has 4 nitrogen and oxygen atoms in total. The number of aromatic nitrogens is 3. The summed E-state index contributed by atoms with van der Waals surface area (Å²) in [5.41, 5.74) is 5.77. The van der Waals surface area contributed by atoms with Crippen molar-refractivity contribution in [3.63, 3.8) is 0 Å². The molecule has 0 radical (unpaired) electrons. The van der Waals surface area contributed by atoms with Gasteiger partial charge in [0.05, 0.1) is 6.04 Å². The molecule has 54 valence electrons. The van der Waals surface area contributed by atoms with Gasteiger partial charge in [0, 0.05) is 6.54 Å². The quantitative estimate of drug-likeness (QED) is 0.552. The Hall–Kier alpha value is -0.900. The summed E-state index contributed by atoms with van der Waals surface area (Å²) in [4.78, 5) is 4.06. The minimum Gasteiger partial charge on any atom is -0.321 e. The molecule has 1 aliphatic rings. The van der Waals surface area contributed by atoms with Gasteiger partial charge in [-0.3, -0.25) is 0 Å². The van der Waals surface area contributed by atoms with E-state index in [9.17, 15) is 0 Å². The maximum Gasteiger partial charge on any atom is 0.143 e. The Morgan fingerprint density at radius 3 is 3.40 bits per heavy atom. The third-order valence-electron chi connectivity index (χ3n) is 1.86. The van der Waals surface area contributed by atoms with Gasteiger partial charge in [-0.1, -0.05) is 0 Å². The maximum absolute atomic E-state index is 5.77. The SMILES string of the molecule is NC1CCCn2ncnc21. The second-order valence-electron chi connectivity index (χ2n) is 2.59. The molecule has 0 spiro atoms. The van der Waals surface area contributed by atoms with Gasteiger partial charge in [-0.15, -0.1) is 0 Å². The van der Waals surface area contributed by atoms with Gasteiger partial charge in [-0.2, -0.15) is 5.10 Å². The van der Waals surface area contributed by atoms with Gasteiger partial charge in [-0.25, -0.2) is 9.67 Å². The van der Waals surface area contributed by atoms with Crippen molar-refractivity contribution in [2.75, 3.05) is 0 Å². The Labute approximate surface area is 59.1 Å². The van der Waals surface area contributed by atoms with Crippen LogP contribution >= 0.6 is 0 Å². The summed E-state index contributed by atoms with van der Waals surface area (Å²) in [6.45, 7) is 0.975. The number of hydrogen-bond donors (Lipinski definition) is 1. The van der Waals surface area contributed by atoms with Crippen molar-refractivity contribution in [2.24, 2.45) is 5.73 Å². The van der Waals surface area contributed by atoms with E-state index in [1.54, 1.807) is 6.33 Å². The molecule has 10 heavy (non-hydrogen) atoms. The Morgan fingerprint density at radius 2 is 2.60 bits per heavy atom. The number of nitrogens with zero attached hydrogens (tertiary/aromatic N) is 3. The largest absolute Gasteiger partial charge is 0.321 e. The van der Waals surface area contributed by atoms with Crippen molar-refractivity contribution < 1.29 is 0 Å². The monoisotopic (exact) mass is 138 g/mol. The predicted molar refractivity (Wildman–Crippen MR) is 36.2 cm³/mol. The average molecular weight is 138 g/mol. The summed E-state index contributed by atoms with van der Waals surface area (Å²) in [5.74, 6) is 0.936. The molecule has 0 amide bonds. The fraction of sp³-hybridized carbons (Fsp3) is 0.667. The summed E-state index contributed by atoms with van der Waals surface area (Å²) >= 11 is 0. The zero-order valence-corrected chi connectivity index (χ0v) is 5.70. The zero-order valence-electron chi connectivity index (χ0n) is 5.70. The lowest BCUT2D eigenvalue weighted by atomic mass is 10.1. The van der Waals surface area contributed by atoms with Crippen LogP contribution in [-0.2, 0) is 6.54 Å². The van der Waals surface area contributed by atoms with E-state index >= 15 is 0 Å². The van der Waals surface area contributed by atoms with Crippen LogP contribution in [0.15, 0.2) is 6.33 Å². The second-order valence-corrected chi connectivity index (χ2v) is 2.59. The first-order chi connectivity index (χ1) is 4.88. The highest BCUT2D eigenvalue weighted by molar-refractivity contribution is 4.95. The lowest BCUT2D eigenvalue weighted by Crippen LogP contribution is -2.22. The Balaban J connectivity index is 2.41. The van der Waals surface area contributed by atoms with Gasteiger partial charge in [0.1, 0.15) is 12.2 Å². The van der Waals surface area contributed by atoms with Crippen molar-refractivity contribution in [2.45, 2.75) is 25.4 Å². The van der Waals surface area contributed by atoms with Gasteiger partial charge in [-0.05, 0) is 12.8 Å². The molecule has 2 rings (SSSR count). The lowest BCUT2D eigenvalue weighted by molar-refractivity contribution is 0.422. The zero-order chi connectivity index (χ0) is 6.97. The second kappa shape index (κ2) is 2.05. The van der Waals surface area contributed by atoms with Crippen molar-refractivity contribution in [1.29, 1.82) is 0 Å². The molecular weight excluding hydrogens is 128 g/mol. The molecule has 0 aliphatic carbocycles. The van der Waals surface area contributed by atoms with Gasteiger partial charge >= 0.3 is 0 Å². The molecule has 2 heterocycles. The lowest BCUT2D eigenvalue weighted by Gasteiger charge is -2.17. The van der Waals surface area contributed by atoms with E-state index in [2.05, 4.69) is 10.1 Å². The van der Waals surface area contributed by atoms with E-state index in [1.807, 2.05) is 4.68 Å². The highest BCUT2D eigenvalue weighted by Gasteiger charge is 2.17. The van der Waals surface area contributed by atoms with Crippen LogP contribution in [0.4, 0.5) is 0 Å². The van der Waals surface area contributed by atoms with Crippen LogP contribution in [0.5, 0.6) is 0 Å². The average Bonchev–Trinajstić information content (AvgIpc) is 2.36. The summed E-state index contributed by atoms with van der Waals surface area (Å²) in [5, 5.41) is 4.03. The van der Waals surface area contributed by atoms with Crippen molar-refractivity contribution >= 4 is 0 Å². The Kier molecular flexibility index (Phi) is 1.20. The fourth-order valence-corrected chi connectivity index (χ4v) is 1.32. The molecule has 0 saturated heterocycles. The molecule has 1 aliphatic heterocycles. The summed E-state index contributed by atoms with van der Waals surface area (Å²) in [7, 11) is 0. The summed E-state index contributed by atoms with van der Waals surface area (Å²) < 4.78 is 1.88. The molecule has 1 aromatic heterocycles. The molecule has 0 saturated carbocycles. The molecule has 1 atom stereocenters. The van der Waals surface area contributed by atoms with Gasteiger partial charge in [0.2, 0.25) is 0 Å². The van der Waals surface area contributed by atoms with Crippen molar-refractivity contribution in [3.05, 3.63) is 12.2 Å². The van der Waals surface area contributed by atoms with Crippen LogP contribution in [-0.4, -0.2) is 14.8 Å². The van der Waals surface area contributed by atoms with Gasteiger partial charge < -0.3 is 5.73 Å². The van der Waals surface area contributed by atoms with E-state index in [1.165, 1.54) is 0 Å². The first-order valence-electron chi connectivity index (χ1n) is 3.51. The Morgan fingerprint density at radius 1 is 1.70 bits per heavy atom. The third-order valence-corrected chi connectivity index (χ3v) is 1.86. The smallest absolute Gasteiger partial charge is 0.143 e. The summed E-state index contributed by atoms with van der Waals surface area (Å²) in [6.07, 6.45) is 3.73. The molecule has 4 heteroatoms. The van der Waals surface area contributed by atoms with Crippen LogP contribution < -0.4 is 5.73 Å². The van der Waals surface area contributed by atoms with Gasteiger partial charge in [0.25, 0.3) is 0 Å². The molecule has 1 unspecified atom stereocenters. The van der Waals surface area contributed by atoms with E-state index < -0.39 is 0 Å². The molecule has 0 fully saturated rings. The van der Waals surface area contributed by atoms with Crippen molar-refractivity contribution in [3.8, 4) is 0 Å². The predicted octanol–water partition coefficient (Wildman–Crippen LogP) is 0.0717. The normalized spacial score (nSPS) is 24.3. The number of rotatable bonds is 0. The van der Waals surface area contributed by atoms with Crippen molar-refractivity contribution in [1.82, 2.24) is 14.8 Å². The first kappa shape index (κ1) is 5.85. The minimum absolute atomic E-state index is 0.108. The molecule has 0 bridgehead atoms. The standard InChI is InChI=1S/C6H10N4/c7-5-2-1-3-10-6(5)8-4-9-10/h4-5H,1-3,7H2. The van der Waals surface area contributed by atoms with Crippen LogP contribution in [0.1, 0.15) is 24.7 Å². The minimum atomic E-state index is 0.108. The molecule has 1 aromatic rings. The highest BCUT2D eigenvalue weighted by atomic mass is 15.3. The Bertz CT molecular complexity index is 229. The number of fused-ring (bicyclic) bond motifs is 1. The van der Waals surface area contributed by atoms with Crippen LogP contribution in [0.25, 0.3) is 0 Å². The topological polar surface area (TPSA) is 56.7 Å². The van der Waals surface area contributed by atoms with E-state index in [4.69, 9.17) is 5.73 Å². The third kappa shape index (κ3) is 0.724. The van der Waals surface area contributed by atoms with Gasteiger partial charge in [0.15, 0.2) is 0 Å². The summed E-state index contributed by atoms with van der Waals surface area (Å²) in [6, 6.07) is 0.108. The number of aryl methyl sites for hydroxylation is 1. The van der Waals surface area contributed by atoms with Crippen LogP contribution in [0.2, 0.25) is 0 Å². The molecular formula is C6H10N4. The fourth-order valence-electron chi connectivity index (χ4n) is 1.32. The highest BCUT2D eigenvalue weighted by Crippen LogP contribution is 2.18. The first-order valence-corrected chi connectivity index (χ1v) is 3.51. The molecule has 2 N–H and O–H groups in total. The van der Waals surface area contributed by atoms with E-state index in [0.717, 1.165) is 25.2 Å². The van der Waals surface area contributed by atoms with Crippen LogP contribution in [0.3, 0.4) is 0 Å². The number of nitrogens with two attached hydrogens (primary N) is 1. The van der Waals surface area contributed by atoms with Crippen LogP contribution in [0, 0.1) is 0 Å². The maximum atomic E-state index is 5.77. The number of hydrogen-bond acceptors (Lipinski definition) is 3. The van der Waals surface area contributed by atoms with E-state index in [0.29, 0.717) is 0 Å².